The highest BCUT2D eigenvalue weighted by atomic mass is 16.8. The van der Waals surface area contributed by atoms with Crippen LogP contribution in [-0.4, -0.2) is 146 Å². The predicted molar refractivity (Wildman–Crippen MR) is 266 cm³/mol. The summed E-state index contributed by atoms with van der Waals surface area (Å²) in [6.45, 7) is -1.04. The molecule has 5 aliphatic rings. The van der Waals surface area contributed by atoms with Crippen LogP contribution in [0.25, 0.3) is 6.08 Å². The molecule has 12 unspecified atom stereocenters. The smallest absolute Gasteiger partial charge is 0.355 e. The fraction of sp³-hybridized carbons (Fsp3) is 0.472. The first-order valence-corrected chi connectivity index (χ1v) is 24.9. The number of allylic oxidation sites excluding steroid dienone is 1. The van der Waals surface area contributed by atoms with E-state index in [0.717, 1.165) is 29.0 Å². The summed E-state index contributed by atoms with van der Waals surface area (Å²) < 4.78 is 11.1. The number of fused-ring (bicyclic) bond motifs is 6. The third kappa shape index (κ3) is 8.93. The number of phenols is 3. The average Bonchev–Trinajstić information content (AvgIpc) is 4.17. The number of aliphatic hydroxyl groups excluding tert-OH is 6. The molecule has 1 aromatic heterocycles. The van der Waals surface area contributed by atoms with Gasteiger partial charge in [0, 0.05) is 72.0 Å². The molecule has 2 fully saturated rings. The molecule has 74 heavy (non-hydrogen) atoms. The van der Waals surface area contributed by atoms with Gasteiger partial charge >= 0.3 is 11.9 Å². The molecule has 0 spiro atoms. The molecule has 1 amide bonds. The number of aromatic hydroxyl groups is 3. The van der Waals surface area contributed by atoms with Crippen LogP contribution in [0.3, 0.4) is 0 Å². The lowest BCUT2D eigenvalue weighted by Crippen LogP contribution is -2.67. The van der Waals surface area contributed by atoms with Gasteiger partial charge in [-0.25, -0.2) is 9.78 Å². The number of nitrogens with two attached hydrogens (primary N) is 2. The Labute approximate surface area is 425 Å². The van der Waals surface area contributed by atoms with Crippen LogP contribution in [0.2, 0.25) is 0 Å². The minimum absolute atomic E-state index is 0.0250. The lowest BCUT2D eigenvalue weighted by atomic mass is 9.45. The summed E-state index contributed by atoms with van der Waals surface area (Å²) >= 11 is 0. The predicted octanol–water partition coefficient (Wildman–Crippen LogP) is 1.63. The molecule has 4 aromatic rings. The lowest BCUT2D eigenvalue weighted by Gasteiger charge is -2.58. The van der Waals surface area contributed by atoms with Gasteiger partial charge in [-0.1, -0.05) is 30.2 Å². The highest BCUT2D eigenvalue weighted by molar-refractivity contribution is 6.13. The molecule has 3 heterocycles. The number of carboxylic acids is 1. The zero-order valence-electron chi connectivity index (χ0n) is 40.4. The van der Waals surface area contributed by atoms with Crippen LogP contribution in [0, 0.1) is 17.8 Å². The largest absolute Gasteiger partial charge is 0.508 e. The van der Waals surface area contributed by atoms with Gasteiger partial charge in [0.05, 0.1) is 24.7 Å². The molecule has 21 heteroatoms. The number of imidazole rings is 1. The maximum absolute atomic E-state index is 15.4. The van der Waals surface area contributed by atoms with Crippen molar-refractivity contribution >= 4 is 29.6 Å². The van der Waals surface area contributed by atoms with E-state index in [1.807, 2.05) is 6.07 Å². The molecule has 1 saturated carbocycles. The first-order chi connectivity index (χ1) is 35.4. The normalized spacial score (nSPS) is 30.5. The van der Waals surface area contributed by atoms with Gasteiger partial charge in [0.2, 0.25) is 0 Å². The molecular formula is C53H64N6O15. The van der Waals surface area contributed by atoms with Crippen molar-refractivity contribution in [2.75, 3.05) is 24.7 Å². The van der Waals surface area contributed by atoms with E-state index >= 15 is 4.79 Å². The Kier molecular flexibility index (Phi) is 14.6. The molecule has 3 aromatic carbocycles. The zero-order chi connectivity index (χ0) is 52.9. The van der Waals surface area contributed by atoms with Crippen LogP contribution in [0.1, 0.15) is 90.8 Å². The summed E-state index contributed by atoms with van der Waals surface area (Å²) in [4.78, 5) is 42.4. The quantitative estimate of drug-likeness (QED) is 0.0178. The number of phenolic OH excluding ortho intramolecular Hbond substituents is 3. The molecule has 0 bridgehead atoms. The highest BCUT2D eigenvalue weighted by Gasteiger charge is 2.71. The number of aromatic nitrogens is 2. The van der Waals surface area contributed by atoms with Crippen molar-refractivity contribution in [3.63, 3.8) is 0 Å². The van der Waals surface area contributed by atoms with E-state index in [2.05, 4.69) is 15.0 Å². The van der Waals surface area contributed by atoms with Gasteiger partial charge in [-0.15, -0.1) is 0 Å². The SMILES string of the molecule is NC(N)=NCCCC(O)CCC1=CC2(C(=O)O)C(c3cc(O)c(OC4(O)OC(CO)C(O)C(O)C4O)cc3N2C(=O)C=Cc2ccc(O)c(Cc3cnc[nH]3)c2)C1C12c3c(O)cccc3CCC1CCCC2CO. The fourth-order valence-corrected chi connectivity index (χ4v) is 13.1. The Bertz CT molecular complexity index is 2840. The van der Waals surface area contributed by atoms with Crippen LogP contribution in [-0.2, 0) is 32.6 Å². The Hall–Kier alpha value is -6.56. The van der Waals surface area contributed by atoms with Crippen molar-refractivity contribution in [2.24, 2.45) is 34.2 Å². The number of nitrogens with one attached hydrogen (secondary N) is 1. The maximum atomic E-state index is 15.4. The molecular weight excluding hydrogens is 961 g/mol. The summed E-state index contributed by atoms with van der Waals surface area (Å²) in [5, 5.41) is 124. The number of aliphatic carboxylic acids is 1. The van der Waals surface area contributed by atoms with Crippen LogP contribution in [0.4, 0.5) is 5.69 Å². The first kappa shape index (κ1) is 52.3. The number of amides is 1. The number of aryl methyl sites for hydroxylation is 1. The van der Waals surface area contributed by atoms with Gasteiger partial charge in [-0.05, 0) is 116 Å². The van der Waals surface area contributed by atoms with Gasteiger partial charge in [-0.3, -0.25) is 14.7 Å². The average molecular weight is 1030 g/mol. The summed E-state index contributed by atoms with van der Waals surface area (Å²) in [6.07, 6.45) is 2.47. The number of ether oxygens (including phenoxy) is 2. The number of carboxylic acid groups (broad SMARTS) is 1. The van der Waals surface area contributed by atoms with E-state index in [4.69, 9.17) is 20.9 Å². The van der Waals surface area contributed by atoms with E-state index in [9.17, 15) is 61.0 Å². The summed E-state index contributed by atoms with van der Waals surface area (Å²) in [5.41, 5.74) is 11.1. The Morgan fingerprint density at radius 1 is 0.973 bits per heavy atom. The minimum Gasteiger partial charge on any atom is -0.508 e. The number of benzene rings is 3. The number of nitrogens with zero attached hydrogens (tertiary/aromatic N) is 3. The second-order valence-corrected chi connectivity index (χ2v) is 20.3. The molecule has 0 radical (unpaired) electrons. The molecule has 12 atom stereocenters. The number of guanidine groups is 1. The van der Waals surface area contributed by atoms with Crippen molar-refractivity contribution in [1.82, 2.24) is 9.97 Å². The van der Waals surface area contributed by atoms with E-state index in [0.29, 0.717) is 60.1 Å². The number of rotatable bonds is 17. The summed E-state index contributed by atoms with van der Waals surface area (Å²) in [7, 11) is 0. The number of anilines is 1. The van der Waals surface area contributed by atoms with Crippen molar-refractivity contribution in [2.45, 2.75) is 118 Å². The van der Waals surface area contributed by atoms with Crippen LogP contribution in [0.15, 0.2) is 83.8 Å². The van der Waals surface area contributed by atoms with Gasteiger partial charge in [0.1, 0.15) is 29.8 Å². The van der Waals surface area contributed by atoms with Crippen LogP contribution in [0.5, 0.6) is 23.0 Å². The van der Waals surface area contributed by atoms with E-state index in [-0.39, 0.29) is 73.5 Å². The number of aliphatic imine (C=N–C) groups is 1. The summed E-state index contributed by atoms with van der Waals surface area (Å²) in [5.74, 6) is -10.2. The molecule has 3 aliphatic carbocycles. The number of aromatic amines is 1. The number of hydrogen-bond acceptors (Lipinski definition) is 16. The number of H-pyrrole nitrogens is 1. The second kappa shape index (κ2) is 20.6. The molecule has 16 N–H and O–H groups in total. The Morgan fingerprint density at radius 3 is 2.49 bits per heavy atom. The summed E-state index contributed by atoms with van der Waals surface area (Å²) in [6, 6.07) is 12.2. The lowest BCUT2D eigenvalue weighted by molar-refractivity contribution is -0.422. The number of carbonyl (C=O) groups is 2. The standard InChI is InChI=1S/C53H64N6O15/c54-50(55)57-17-3-7-34(62)14-12-29-22-51(49(70)71)45(44(29)52-31(5-2-6-32(52)24-60)13-11-28-4-1-8-38(64)43(28)52)35-20-39(65)40(73-53(72)48(69)47(68)46(67)41(25-61)74-53)21-36(35)59(51)42(66)16-10-27-9-15-37(63)30(18-27)19-33-23-56-26-58-33/h1,4,8-10,15-16,18,20-23,26,31-32,34,41,44-48,60-65,67-69,72H,2-3,5-7,11-14,17,19,24-25H2,(H,56,58)(H,70,71)(H4,54,55,57). The Morgan fingerprint density at radius 2 is 1.77 bits per heavy atom. The molecule has 21 nitrogen and oxygen atoms in total. The maximum Gasteiger partial charge on any atom is 0.355 e. The number of carbonyl (C=O) groups excluding carboxylic acids is 1. The topological polar surface area (TPSA) is 371 Å². The van der Waals surface area contributed by atoms with Crippen molar-refractivity contribution in [3.8, 4) is 23.0 Å². The third-order valence-electron chi connectivity index (χ3n) is 16.1. The zero-order valence-corrected chi connectivity index (χ0v) is 40.4. The molecule has 9 rings (SSSR count). The van der Waals surface area contributed by atoms with E-state index in [1.54, 1.807) is 30.5 Å². The van der Waals surface area contributed by atoms with Crippen molar-refractivity contribution < 1.29 is 75.2 Å². The van der Waals surface area contributed by atoms with Crippen molar-refractivity contribution in [1.29, 1.82) is 0 Å². The van der Waals surface area contributed by atoms with Crippen LogP contribution >= 0.6 is 0 Å². The molecule has 396 valence electrons. The number of hydrogen-bond donors (Lipinski definition) is 14. The molecule has 2 aliphatic heterocycles. The van der Waals surface area contributed by atoms with E-state index < -0.39 is 95.2 Å². The second-order valence-electron chi connectivity index (χ2n) is 20.3. The van der Waals surface area contributed by atoms with E-state index in [1.165, 1.54) is 30.6 Å². The Balaban J connectivity index is 1.24. The third-order valence-corrected chi connectivity index (χ3v) is 16.1. The monoisotopic (exact) mass is 1020 g/mol. The number of aliphatic hydroxyl groups is 7. The van der Waals surface area contributed by atoms with Gasteiger partial charge < -0.3 is 82.1 Å². The van der Waals surface area contributed by atoms with Crippen LogP contribution < -0.4 is 21.1 Å². The first-order valence-electron chi connectivity index (χ1n) is 24.9. The van der Waals surface area contributed by atoms with Gasteiger partial charge in [0.15, 0.2) is 29.1 Å². The molecule has 1 saturated heterocycles. The minimum atomic E-state index is -3.23. The van der Waals surface area contributed by atoms with Crippen molar-refractivity contribution in [3.05, 3.63) is 112 Å². The highest BCUT2D eigenvalue weighted by Crippen LogP contribution is 2.70. The van der Waals surface area contributed by atoms with Gasteiger partial charge in [-0.2, -0.15) is 0 Å². The van der Waals surface area contributed by atoms with Gasteiger partial charge in [0.25, 0.3) is 5.91 Å². The fourth-order valence-electron chi connectivity index (χ4n) is 13.1.